The predicted molar refractivity (Wildman–Crippen MR) is 85.2 cm³/mol. The number of thiazole rings is 1. The third-order valence-corrected chi connectivity index (χ3v) is 4.51. The van der Waals surface area contributed by atoms with Crippen LogP contribution in [0.1, 0.15) is 10.7 Å². The van der Waals surface area contributed by atoms with E-state index in [4.69, 9.17) is 5.73 Å². The molecule has 1 aromatic heterocycles. The molecule has 2 aromatic rings. The summed E-state index contributed by atoms with van der Waals surface area (Å²) < 4.78 is 0. The summed E-state index contributed by atoms with van der Waals surface area (Å²) in [6, 6.07) is 8.16. The van der Waals surface area contributed by atoms with Crippen LogP contribution in [0, 0.1) is 6.92 Å². The first-order valence-corrected chi connectivity index (χ1v) is 7.82. The Morgan fingerprint density at radius 3 is 2.45 bits per heavy atom. The topological polar surface area (TPSA) is 45.4 Å². The molecule has 1 aliphatic heterocycles. The summed E-state index contributed by atoms with van der Waals surface area (Å²) >= 11 is 1.73. The molecule has 0 atom stereocenters. The number of piperazine rings is 1. The van der Waals surface area contributed by atoms with Crippen molar-refractivity contribution >= 4 is 22.7 Å². The highest BCUT2D eigenvalue weighted by molar-refractivity contribution is 7.09. The van der Waals surface area contributed by atoms with E-state index in [2.05, 4.69) is 39.2 Å². The molecule has 0 spiro atoms. The van der Waals surface area contributed by atoms with Crippen LogP contribution in [-0.4, -0.2) is 36.1 Å². The highest BCUT2D eigenvalue weighted by atomic mass is 32.1. The number of nitrogens with zero attached hydrogens (tertiary/aromatic N) is 3. The van der Waals surface area contributed by atoms with Gasteiger partial charge in [-0.1, -0.05) is 0 Å². The number of nitrogen functional groups attached to an aromatic ring is 1. The molecule has 20 heavy (non-hydrogen) atoms. The van der Waals surface area contributed by atoms with Gasteiger partial charge in [0.1, 0.15) is 0 Å². The molecule has 0 unspecified atom stereocenters. The molecule has 0 amide bonds. The number of nitrogens with two attached hydrogens (primary N) is 1. The molecular weight excluding hydrogens is 268 g/mol. The summed E-state index contributed by atoms with van der Waals surface area (Å²) in [6.45, 7) is 7.33. The zero-order valence-corrected chi connectivity index (χ0v) is 12.6. The van der Waals surface area contributed by atoms with Gasteiger partial charge in [0.2, 0.25) is 0 Å². The molecule has 0 bridgehead atoms. The maximum atomic E-state index is 5.73. The maximum absolute atomic E-state index is 5.73. The van der Waals surface area contributed by atoms with Crippen LogP contribution in [0.15, 0.2) is 29.6 Å². The summed E-state index contributed by atoms with van der Waals surface area (Å²) in [5, 5.41) is 3.32. The lowest BCUT2D eigenvalue weighted by Gasteiger charge is -2.35. The van der Waals surface area contributed by atoms with Crippen molar-refractivity contribution in [1.82, 2.24) is 9.88 Å². The van der Waals surface area contributed by atoms with Gasteiger partial charge in [-0.25, -0.2) is 4.98 Å². The fourth-order valence-electron chi connectivity index (χ4n) is 2.56. The third-order valence-electron chi connectivity index (χ3n) is 3.68. The van der Waals surface area contributed by atoms with Gasteiger partial charge in [0.05, 0.1) is 10.7 Å². The molecule has 2 N–H and O–H groups in total. The first-order valence-electron chi connectivity index (χ1n) is 6.94. The predicted octanol–water partition coefficient (Wildman–Crippen LogP) is 2.36. The lowest BCUT2D eigenvalue weighted by atomic mass is 10.2. The van der Waals surface area contributed by atoms with Crippen LogP contribution in [0.5, 0.6) is 0 Å². The fraction of sp³-hybridized carbons (Fsp3) is 0.400. The van der Waals surface area contributed by atoms with Crippen molar-refractivity contribution in [2.24, 2.45) is 0 Å². The van der Waals surface area contributed by atoms with Gasteiger partial charge in [-0.2, -0.15) is 0 Å². The van der Waals surface area contributed by atoms with Gasteiger partial charge in [-0.05, 0) is 31.2 Å². The normalized spacial score (nSPS) is 16.6. The highest BCUT2D eigenvalue weighted by Crippen LogP contribution is 2.19. The number of rotatable bonds is 3. The Morgan fingerprint density at radius 2 is 1.85 bits per heavy atom. The van der Waals surface area contributed by atoms with E-state index in [0.29, 0.717) is 0 Å². The van der Waals surface area contributed by atoms with Crippen molar-refractivity contribution in [3.8, 4) is 0 Å². The average molecular weight is 288 g/mol. The van der Waals surface area contributed by atoms with E-state index in [0.717, 1.165) is 43.4 Å². The van der Waals surface area contributed by atoms with Crippen LogP contribution in [0.3, 0.4) is 0 Å². The van der Waals surface area contributed by atoms with Crippen molar-refractivity contribution in [2.45, 2.75) is 13.5 Å². The molecular formula is C15H20N4S. The largest absolute Gasteiger partial charge is 0.399 e. The van der Waals surface area contributed by atoms with Crippen LogP contribution in [-0.2, 0) is 6.54 Å². The second kappa shape index (κ2) is 5.81. The van der Waals surface area contributed by atoms with E-state index in [1.165, 1.54) is 11.4 Å². The smallest absolute Gasteiger partial charge is 0.0897 e. The van der Waals surface area contributed by atoms with Crippen LogP contribution in [0.2, 0.25) is 0 Å². The number of hydrogen-bond acceptors (Lipinski definition) is 5. The van der Waals surface area contributed by atoms with Crippen LogP contribution >= 0.6 is 11.3 Å². The number of anilines is 2. The number of benzene rings is 1. The fourth-order valence-corrected chi connectivity index (χ4v) is 3.16. The van der Waals surface area contributed by atoms with E-state index in [1.54, 1.807) is 11.3 Å². The Morgan fingerprint density at radius 1 is 1.15 bits per heavy atom. The van der Waals surface area contributed by atoms with Crippen molar-refractivity contribution in [3.63, 3.8) is 0 Å². The van der Waals surface area contributed by atoms with Gasteiger partial charge in [-0.15, -0.1) is 11.3 Å². The van der Waals surface area contributed by atoms with Gasteiger partial charge in [0, 0.05) is 49.5 Å². The molecule has 1 aromatic carbocycles. The van der Waals surface area contributed by atoms with E-state index in [1.807, 2.05) is 12.1 Å². The molecule has 106 valence electrons. The third kappa shape index (κ3) is 3.11. The molecule has 0 radical (unpaired) electrons. The van der Waals surface area contributed by atoms with Crippen LogP contribution < -0.4 is 10.6 Å². The van der Waals surface area contributed by atoms with Gasteiger partial charge in [0.25, 0.3) is 0 Å². The minimum Gasteiger partial charge on any atom is -0.399 e. The quantitative estimate of drug-likeness (QED) is 0.881. The molecule has 1 saturated heterocycles. The lowest BCUT2D eigenvalue weighted by molar-refractivity contribution is 0.247. The summed E-state index contributed by atoms with van der Waals surface area (Å²) in [5.41, 5.74) is 9.03. The lowest BCUT2D eigenvalue weighted by Crippen LogP contribution is -2.46. The standard InChI is InChI=1S/C15H20N4S/c1-12-17-14(11-20-12)10-18-6-8-19(9-7-18)15-4-2-13(16)3-5-15/h2-5,11H,6-10,16H2,1H3. The molecule has 1 aliphatic rings. The molecule has 5 heteroatoms. The van der Waals surface area contributed by atoms with Gasteiger partial charge in [-0.3, -0.25) is 4.90 Å². The minimum absolute atomic E-state index is 0.825. The zero-order valence-electron chi connectivity index (χ0n) is 11.7. The number of aryl methyl sites for hydroxylation is 1. The summed E-state index contributed by atoms with van der Waals surface area (Å²) in [6.07, 6.45) is 0. The summed E-state index contributed by atoms with van der Waals surface area (Å²) in [7, 11) is 0. The molecule has 0 aliphatic carbocycles. The first kappa shape index (κ1) is 13.4. The van der Waals surface area contributed by atoms with E-state index >= 15 is 0 Å². The van der Waals surface area contributed by atoms with Gasteiger partial charge >= 0.3 is 0 Å². The maximum Gasteiger partial charge on any atom is 0.0897 e. The Hall–Kier alpha value is -1.59. The zero-order chi connectivity index (χ0) is 13.9. The Labute approximate surface area is 123 Å². The second-order valence-electron chi connectivity index (χ2n) is 5.21. The Balaban J connectivity index is 1.55. The SMILES string of the molecule is Cc1nc(CN2CCN(c3ccc(N)cc3)CC2)cs1. The highest BCUT2D eigenvalue weighted by Gasteiger charge is 2.17. The second-order valence-corrected chi connectivity index (χ2v) is 6.27. The van der Waals surface area contributed by atoms with Crippen LogP contribution in [0.4, 0.5) is 11.4 Å². The Kier molecular flexibility index (Phi) is 3.89. The molecule has 0 saturated carbocycles. The van der Waals surface area contributed by atoms with Crippen molar-refractivity contribution in [1.29, 1.82) is 0 Å². The van der Waals surface area contributed by atoms with Crippen molar-refractivity contribution in [3.05, 3.63) is 40.3 Å². The van der Waals surface area contributed by atoms with E-state index < -0.39 is 0 Å². The van der Waals surface area contributed by atoms with Crippen molar-refractivity contribution in [2.75, 3.05) is 36.8 Å². The monoisotopic (exact) mass is 288 g/mol. The van der Waals surface area contributed by atoms with Crippen molar-refractivity contribution < 1.29 is 0 Å². The average Bonchev–Trinajstić information content (AvgIpc) is 2.86. The number of hydrogen-bond donors (Lipinski definition) is 1. The van der Waals surface area contributed by atoms with Gasteiger partial charge in [0.15, 0.2) is 0 Å². The Bertz CT molecular complexity index is 556. The number of aromatic nitrogens is 1. The first-order chi connectivity index (χ1) is 9.70. The molecule has 3 rings (SSSR count). The molecule has 2 heterocycles. The summed E-state index contributed by atoms with van der Waals surface area (Å²) in [5.74, 6) is 0. The van der Waals surface area contributed by atoms with Crippen LogP contribution in [0.25, 0.3) is 0 Å². The summed E-state index contributed by atoms with van der Waals surface area (Å²) in [4.78, 5) is 9.43. The molecule has 4 nitrogen and oxygen atoms in total. The van der Waals surface area contributed by atoms with E-state index in [9.17, 15) is 0 Å². The van der Waals surface area contributed by atoms with Gasteiger partial charge < -0.3 is 10.6 Å². The minimum atomic E-state index is 0.825. The van der Waals surface area contributed by atoms with E-state index in [-0.39, 0.29) is 0 Å². The molecule has 1 fully saturated rings.